The van der Waals surface area contributed by atoms with Crippen LogP contribution in [0.3, 0.4) is 0 Å². The van der Waals surface area contributed by atoms with Crippen molar-refractivity contribution in [3.05, 3.63) is 63.9 Å². The quantitative estimate of drug-likeness (QED) is 0.334. The molecule has 6 nitrogen and oxygen atoms in total. The van der Waals surface area contributed by atoms with Gasteiger partial charge in [0.05, 0.1) is 17.6 Å². The number of rotatable bonds is 5. The molecule has 29 heavy (non-hydrogen) atoms. The van der Waals surface area contributed by atoms with E-state index in [1.807, 2.05) is 68.6 Å². The molecule has 0 unspecified atom stereocenters. The van der Waals surface area contributed by atoms with E-state index in [2.05, 4.69) is 36.8 Å². The van der Waals surface area contributed by atoms with Gasteiger partial charge < -0.3 is 4.74 Å². The first-order chi connectivity index (χ1) is 13.8. The van der Waals surface area contributed by atoms with E-state index in [1.54, 1.807) is 12.3 Å². The number of benzene rings is 2. The molecule has 150 valence electrons. The molecule has 8 heteroatoms. The molecule has 0 aliphatic carbocycles. The van der Waals surface area contributed by atoms with Crippen LogP contribution in [0.2, 0.25) is 0 Å². The predicted molar refractivity (Wildman–Crippen MR) is 123 cm³/mol. The van der Waals surface area contributed by atoms with Crippen molar-refractivity contribution in [1.82, 2.24) is 4.98 Å². The molecule has 0 spiro atoms. The lowest BCUT2D eigenvalue weighted by molar-refractivity contribution is 0.0636. The Bertz CT molecular complexity index is 1010. The first-order valence-corrected chi connectivity index (χ1v) is 10.6. The Hall–Kier alpha value is -2.71. The largest absolute Gasteiger partial charge is 0.444 e. The third-order valence-corrected chi connectivity index (χ3v) is 4.83. The molecule has 0 atom stereocenters. The molecule has 0 fully saturated rings. The van der Waals surface area contributed by atoms with E-state index in [0.29, 0.717) is 10.8 Å². The molecule has 0 saturated carbocycles. The van der Waals surface area contributed by atoms with Gasteiger partial charge in [-0.25, -0.2) is 9.78 Å². The minimum atomic E-state index is -0.576. The number of carbonyl (C=O) groups excluding carboxylic acids is 1. The van der Waals surface area contributed by atoms with Crippen molar-refractivity contribution in [2.75, 3.05) is 10.7 Å². The van der Waals surface area contributed by atoms with E-state index in [1.165, 1.54) is 11.3 Å². The van der Waals surface area contributed by atoms with Gasteiger partial charge in [-0.1, -0.05) is 52.3 Å². The number of aromatic nitrogens is 1. The molecule has 1 aromatic heterocycles. The highest BCUT2D eigenvalue weighted by molar-refractivity contribution is 9.10. The smallest absolute Gasteiger partial charge is 0.412 e. The van der Waals surface area contributed by atoms with E-state index < -0.39 is 11.7 Å². The molecule has 2 aromatic carbocycles. The van der Waals surface area contributed by atoms with Gasteiger partial charge >= 0.3 is 6.09 Å². The normalized spacial score (nSPS) is 11.4. The summed E-state index contributed by atoms with van der Waals surface area (Å²) in [6, 6.07) is 15.5. The van der Waals surface area contributed by atoms with Crippen LogP contribution in [0, 0.1) is 0 Å². The van der Waals surface area contributed by atoms with Gasteiger partial charge in [-0.05, 0) is 32.9 Å². The van der Waals surface area contributed by atoms with E-state index in [0.717, 1.165) is 21.3 Å². The van der Waals surface area contributed by atoms with Crippen molar-refractivity contribution >= 4 is 50.4 Å². The third-order valence-electron chi connectivity index (χ3n) is 3.59. The zero-order valence-electron chi connectivity index (χ0n) is 16.3. The molecule has 2 N–H and O–H groups in total. The summed E-state index contributed by atoms with van der Waals surface area (Å²) in [6.45, 7) is 5.45. The molecule has 1 heterocycles. The van der Waals surface area contributed by atoms with Gasteiger partial charge in [0.15, 0.2) is 0 Å². The van der Waals surface area contributed by atoms with Crippen LogP contribution in [0.4, 0.5) is 15.6 Å². The second-order valence-electron chi connectivity index (χ2n) is 7.13. The molecular weight excluding hydrogens is 452 g/mol. The van der Waals surface area contributed by atoms with Gasteiger partial charge in [0.1, 0.15) is 5.60 Å². The summed E-state index contributed by atoms with van der Waals surface area (Å²) < 4.78 is 6.16. The zero-order valence-corrected chi connectivity index (χ0v) is 18.7. The predicted octanol–water partition coefficient (Wildman–Crippen LogP) is 6.37. The average Bonchev–Trinajstić information content (AvgIpc) is 3.11. The van der Waals surface area contributed by atoms with Crippen molar-refractivity contribution in [1.29, 1.82) is 0 Å². The monoisotopic (exact) mass is 472 g/mol. The minimum Gasteiger partial charge on any atom is -0.444 e. The van der Waals surface area contributed by atoms with E-state index in [9.17, 15) is 4.79 Å². The first-order valence-electron chi connectivity index (χ1n) is 8.90. The van der Waals surface area contributed by atoms with Crippen LogP contribution in [-0.4, -0.2) is 22.9 Å². The van der Waals surface area contributed by atoms with E-state index in [-0.39, 0.29) is 0 Å². The fraction of sp³-hybridized carbons (Fsp3) is 0.190. The van der Waals surface area contributed by atoms with E-state index >= 15 is 0 Å². The molecule has 0 bridgehead atoms. The number of nitrogens with zero attached hydrogens (tertiary/aromatic N) is 2. The number of carbonyl (C=O) groups is 1. The van der Waals surface area contributed by atoms with Gasteiger partial charge in [0, 0.05) is 21.0 Å². The number of anilines is 2. The Morgan fingerprint density at radius 1 is 1.21 bits per heavy atom. The number of nitrogens with one attached hydrogen (secondary N) is 2. The summed E-state index contributed by atoms with van der Waals surface area (Å²) in [5, 5.41) is 9.67. The van der Waals surface area contributed by atoms with Crippen LogP contribution in [0.25, 0.3) is 11.3 Å². The van der Waals surface area contributed by atoms with Crippen LogP contribution in [0.5, 0.6) is 0 Å². The number of hydrazone groups is 1. The summed E-state index contributed by atoms with van der Waals surface area (Å²) >= 11 is 4.89. The molecule has 0 aliphatic rings. The number of ether oxygens (including phenoxy) is 1. The van der Waals surface area contributed by atoms with Gasteiger partial charge in [-0.15, -0.1) is 11.3 Å². The lowest BCUT2D eigenvalue weighted by Crippen LogP contribution is -2.27. The standard InChI is InChI=1S/C21H21BrN4O2S/c1-21(2,3)28-20(27)25-17-11-16(22)10-9-15(17)12-23-26-19-24-18(13-29-19)14-7-5-4-6-8-14/h4-13H,1-3H3,(H,24,26)(H,25,27). The topological polar surface area (TPSA) is 75.6 Å². The number of amides is 1. The van der Waals surface area contributed by atoms with Crippen LogP contribution >= 0.6 is 27.3 Å². The van der Waals surface area contributed by atoms with Crippen molar-refractivity contribution in [2.45, 2.75) is 26.4 Å². The second-order valence-corrected chi connectivity index (χ2v) is 8.91. The Labute approximate surface area is 182 Å². The van der Waals surface area contributed by atoms with Crippen molar-refractivity contribution in [2.24, 2.45) is 5.10 Å². The zero-order chi connectivity index (χ0) is 20.9. The fourth-order valence-corrected chi connectivity index (χ4v) is 3.42. The van der Waals surface area contributed by atoms with Crippen molar-refractivity contribution in [3.8, 4) is 11.3 Å². The summed E-state index contributed by atoms with van der Waals surface area (Å²) in [4.78, 5) is 16.6. The maximum Gasteiger partial charge on any atom is 0.412 e. The third kappa shape index (κ3) is 6.40. The number of thiazole rings is 1. The Morgan fingerprint density at radius 2 is 1.97 bits per heavy atom. The summed E-state index contributed by atoms with van der Waals surface area (Å²) in [7, 11) is 0. The van der Waals surface area contributed by atoms with Crippen LogP contribution in [0.1, 0.15) is 26.3 Å². The summed E-state index contributed by atoms with van der Waals surface area (Å²) in [5.74, 6) is 0. The van der Waals surface area contributed by atoms with E-state index in [4.69, 9.17) is 4.74 Å². The molecule has 3 rings (SSSR count). The lowest BCUT2D eigenvalue weighted by Gasteiger charge is -2.20. The number of hydrogen-bond acceptors (Lipinski definition) is 6. The van der Waals surface area contributed by atoms with Gasteiger partial charge in [0.2, 0.25) is 5.13 Å². The van der Waals surface area contributed by atoms with Crippen LogP contribution in [0.15, 0.2) is 63.5 Å². The molecule has 1 amide bonds. The van der Waals surface area contributed by atoms with Gasteiger partial charge in [0.25, 0.3) is 0 Å². The number of hydrogen-bond donors (Lipinski definition) is 2. The molecule has 0 saturated heterocycles. The molecule has 0 aliphatic heterocycles. The molecule has 3 aromatic rings. The van der Waals surface area contributed by atoms with Crippen molar-refractivity contribution < 1.29 is 9.53 Å². The Balaban J connectivity index is 1.69. The summed E-state index contributed by atoms with van der Waals surface area (Å²) in [6.07, 6.45) is 1.11. The molecule has 0 radical (unpaired) electrons. The fourth-order valence-electron chi connectivity index (χ4n) is 2.39. The Morgan fingerprint density at radius 3 is 2.69 bits per heavy atom. The highest BCUT2D eigenvalue weighted by atomic mass is 79.9. The van der Waals surface area contributed by atoms with Gasteiger partial charge in [-0.3, -0.25) is 10.7 Å². The number of halogens is 1. The lowest BCUT2D eigenvalue weighted by atomic mass is 10.2. The maximum atomic E-state index is 12.1. The minimum absolute atomic E-state index is 0.523. The summed E-state index contributed by atoms with van der Waals surface area (Å²) in [5.41, 5.74) is 5.62. The van der Waals surface area contributed by atoms with Crippen LogP contribution in [-0.2, 0) is 4.74 Å². The Kier molecular flexibility index (Phi) is 6.66. The van der Waals surface area contributed by atoms with Gasteiger partial charge in [-0.2, -0.15) is 5.10 Å². The highest BCUT2D eigenvalue weighted by Gasteiger charge is 2.17. The maximum absolute atomic E-state index is 12.1. The van der Waals surface area contributed by atoms with Crippen molar-refractivity contribution in [3.63, 3.8) is 0 Å². The highest BCUT2D eigenvalue weighted by Crippen LogP contribution is 2.25. The van der Waals surface area contributed by atoms with Crippen LogP contribution < -0.4 is 10.7 Å². The first kappa shape index (κ1) is 21.0. The second kappa shape index (κ2) is 9.19. The SMILES string of the molecule is CC(C)(C)OC(=O)Nc1cc(Br)ccc1C=NNc1nc(-c2ccccc2)cs1. The molecular formula is C21H21BrN4O2S. The average molecular weight is 473 g/mol.